The normalized spacial score (nSPS) is 25.2. The maximum absolute atomic E-state index is 4.92. The number of H-pyrrole nitrogens is 1. The fourth-order valence-corrected chi connectivity index (χ4v) is 4.87. The van der Waals surface area contributed by atoms with Crippen molar-refractivity contribution in [1.29, 1.82) is 0 Å². The number of rotatable bonds is 1. The monoisotopic (exact) mass is 327 g/mol. The van der Waals surface area contributed by atoms with Gasteiger partial charge in [0.25, 0.3) is 0 Å². The third-order valence-electron chi connectivity index (χ3n) is 5.61. The van der Waals surface area contributed by atoms with Gasteiger partial charge < -0.3 is 4.98 Å². The maximum Gasteiger partial charge on any atom is 0.156 e. The molecule has 0 aromatic carbocycles. The molecule has 2 aromatic heterocycles. The zero-order valence-electron chi connectivity index (χ0n) is 15.9. The van der Waals surface area contributed by atoms with Crippen LogP contribution in [0.5, 0.6) is 0 Å². The first-order valence-corrected chi connectivity index (χ1v) is 9.65. The Balaban J connectivity index is 1.85. The largest absolute Gasteiger partial charge is 0.345 e. The van der Waals surface area contributed by atoms with Gasteiger partial charge in [-0.1, -0.05) is 53.4 Å². The molecule has 0 radical (unpaired) electrons. The first-order valence-electron chi connectivity index (χ1n) is 9.65. The van der Waals surface area contributed by atoms with Gasteiger partial charge in [0.05, 0.1) is 11.9 Å². The molecule has 1 atom stereocenters. The Morgan fingerprint density at radius 1 is 1.04 bits per heavy atom. The molecule has 0 amide bonds. The zero-order valence-corrected chi connectivity index (χ0v) is 15.9. The van der Waals surface area contributed by atoms with Gasteiger partial charge >= 0.3 is 0 Å². The molecule has 2 heterocycles. The number of hydrogen-bond acceptors (Lipinski definition) is 2. The molecule has 3 rings (SSSR count). The van der Waals surface area contributed by atoms with Crippen molar-refractivity contribution in [3.63, 3.8) is 0 Å². The fraction of sp³-hybridized carbons (Fsp3) is 0.714. The van der Waals surface area contributed by atoms with E-state index in [4.69, 9.17) is 4.98 Å². The lowest BCUT2D eigenvalue weighted by Gasteiger charge is -2.37. The van der Waals surface area contributed by atoms with Crippen molar-refractivity contribution >= 4 is 11.2 Å². The Hall–Kier alpha value is -1.38. The quantitative estimate of drug-likeness (QED) is 0.674. The van der Waals surface area contributed by atoms with E-state index in [-0.39, 0.29) is 0 Å². The zero-order chi connectivity index (χ0) is 17.2. The average molecular weight is 328 g/mol. The van der Waals surface area contributed by atoms with Gasteiger partial charge in [-0.25, -0.2) is 9.97 Å². The number of aromatic amines is 1. The molecule has 1 N–H and O–H groups in total. The summed E-state index contributed by atoms with van der Waals surface area (Å²) in [6, 6.07) is 2.03. The lowest BCUT2D eigenvalue weighted by molar-refractivity contribution is 0.159. The number of nitrogens with zero attached hydrogens (tertiary/aromatic N) is 2. The van der Waals surface area contributed by atoms with Crippen LogP contribution in [-0.4, -0.2) is 15.0 Å². The summed E-state index contributed by atoms with van der Waals surface area (Å²) in [5.41, 5.74) is 3.87. The molecule has 3 heteroatoms. The van der Waals surface area contributed by atoms with E-state index in [1.807, 2.05) is 18.5 Å². The van der Waals surface area contributed by atoms with E-state index >= 15 is 0 Å². The Morgan fingerprint density at radius 2 is 1.83 bits per heavy atom. The van der Waals surface area contributed by atoms with Gasteiger partial charge in [0.1, 0.15) is 5.52 Å². The first kappa shape index (κ1) is 17.4. The van der Waals surface area contributed by atoms with Gasteiger partial charge in [0.2, 0.25) is 0 Å². The summed E-state index contributed by atoms with van der Waals surface area (Å²) in [6.07, 6.45) is 14.5. The summed E-state index contributed by atoms with van der Waals surface area (Å²) in [6.45, 7) is 9.80. The Bertz CT molecular complexity index is 669. The number of hydrogen-bond donors (Lipinski definition) is 1. The molecule has 1 aliphatic rings. The summed E-state index contributed by atoms with van der Waals surface area (Å²) in [5, 5.41) is 0. The molecule has 1 fully saturated rings. The highest BCUT2D eigenvalue weighted by Crippen LogP contribution is 2.44. The van der Waals surface area contributed by atoms with E-state index in [1.54, 1.807) is 0 Å². The smallest absolute Gasteiger partial charge is 0.156 e. The van der Waals surface area contributed by atoms with Crippen molar-refractivity contribution in [1.82, 2.24) is 15.0 Å². The average Bonchev–Trinajstić information content (AvgIpc) is 2.94. The lowest BCUT2D eigenvalue weighted by atomic mass is 9.69. The van der Waals surface area contributed by atoms with Crippen LogP contribution in [0.25, 0.3) is 11.2 Å². The summed E-state index contributed by atoms with van der Waals surface area (Å²) in [5.74, 6) is 0.528. The minimum Gasteiger partial charge on any atom is -0.345 e. The SMILES string of the molecule is CC1(C)CCCCCCC(c2cnc3[nH]ccc3n2)CC(C)(C)C1. The minimum absolute atomic E-state index is 0.341. The molecule has 1 saturated carbocycles. The molecular weight excluding hydrogens is 294 g/mol. The van der Waals surface area contributed by atoms with Crippen LogP contribution in [0.3, 0.4) is 0 Å². The maximum atomic E-state index is 4.92. The number of fused-ring (bicyclic) bond motifs is 1. The highest BCUT2D eigenvalue weighted by Gasteiger charge is 2.32. The van der Waals surface area contributed by atoms with Crippen molar-refractivity contribution in [3.05, 3.63) is 24.2 Å². The Kier molecular flexibility index (Phi) is 4.98. The first-order chi connectivity index (χ1) is 11.3. The second-order valence-electron chi connectivity index (χ2n) is 9.37. The molecule has 1 unspecified atom stereocenters. The molecule has 0 spiro atoms. The van der Waals surface area contributed by atoms with Crippen LogP contribution in [0.1, 0.15) is 90.7 Å². The standard InChI is InChI=1S/C21H33N3/c1-20(2)11-8-6-5-7-9-16(13-21(3,4)15-20)18-14-23-19-17(24-18)10-12-22-19/h10,12,14,16H,5-9,11,13,15H2,1-4H3,(H,22,23). The van der Waals surface area contributed by atoms with Gasteiger partial charge in [-0.3, -0.25) is 0 Å². The molecule has 0 bridgehead atoms. The van der Waals surface area contributed by atoms with E-state index in [1.165, 1.54) is 57.1 Å². The minimum atomic E-state index is 0.341. The second-order valence-corrected chi connectivity index (χ2v) is 9.37. The molecule has 3 nitrogen and oxygen atoms in total. The van der Waals surface area contributed by atoms with Gasteiger partial charge in [-0.15, -0.1) is 0 Å². The summed E-state index contributed by atoms with van der Waals surface area (Å²) >= 11 is 0. The Morgan fingerprint density at radius 3 is 2.67 bits per heavy atom. The van der Waals surface area contributed by atoms with Crippen LogP contribution in [0.15, 0.2) is 18.5 Å². The van der Waals surface area contributed by atoms with Crippen molar-refractivity contribution in [2.75, 3.05) is 0 Å². The second kappa shape index (κ2) is 6.85. The van der Waals surface area contributed by atoms with Crippen LogP contribution < -0.4 is 0 Å². The van der Waals surface area contributed by atoms with Crippen LogP contribution in [-0.2, 0) is 0 Å². The lowest BCUT2D eigenvalue weighted by Crippen LogP contribution is -2.25. The Labute approximate surface area is 146 Å². The van der Waals surface area contributed by atoms with Gasteiger partial charge in [-0.2, -0.15) is 0 Å². The number of aromatic nitrogens is 3. The molecule has 1 aliphatic carbocycles. The topological polar surface area (TPSA) is 41.6 Å². The fourth-order valence-electron chi connectivity index (χ4n) is 4.87. The highest BCUT2D eigenvalue weighted by molar-refractivity contribution is 5.69. The van der Waals surface area contributed by atoms with Gasteiger partial charge in [0, 0.05) is 12.1 Å². The van der Waals surface area contributed by atoms with Crippen molar-refractivity contribution in [2.24, 2.45) is 10.8 Å². The highest BCUT2D eigenvalue weighted by atomic mass is 14.9. The van der Waals surface area contributed by atoms with Gasteiger partial charge in [0.15, 0.2) is 5.65 Å². The summed E-state index contributed by atoms with van der Waals surface area (Å²) in [4.78, 5) is 12.7. The third kappa shape index (κ3) is 4.37. The number of nitrogens with one attached hydrogen (secondary N) is 1. The van der Waals surface area contributed by atoms with E-state index in [0.717, 1.165) is 11.2 Å². The molecule has 2 aromatic rings. The van der Waals surface area contributed by atoms with Crippen molar-refractivity contribution in [2.45, 2.75) is 85.0 Å². The van der Waals surface area contributed by atoms with Crippen molar-refractivity contribution < 1.29 is 0 Å². The molecule has 0 saturated heterocycles. The third-order valence-corrected chi connectivity index (χ3v) is 5.61. The molecule has 24 heavy (non-hydrogen) atoms. The van der Waals surface area contributed by atoms with Crippen molar-refractivity contribution in [3.8, 4) is 0 Å². The molecule has 132 valence electrons. The van der Waals surface area contributed by atoms with Crippen LogP contribution in [0.2, 0.25) is 0 Å². The van der Waals surface area contributed by atoms with E-state index in [9.17, 15) is 0 Å². The van der Waals surface area contributed by atoms with Gasteiger partial charge in [-0.05, 0) is 42.6 Å². The van der Waals surface area contributed by atoms with Crippen LogP contribution in [0, 0.1) is 10.8 Å². The predicted octanol–water partition coefficient (Wildman–Crippen LogP) is 6.23. The van der Waals surface area contributed by atoms with Crippen LogP contribution >= 0.6 is 0 Å². The van der Waals surface area contributed by atoms with E-state index in [2.05, 4.69) is 37.7 Å². The molecular formula is C21H33N3. The van der Waals surface area contributed by atoms with E-state index in [0.29, 0.717) is 16.7 Å². The predicted molar refractivity (Wildman–Crippen MR) is 101 cm³/mol. The van der Waals surface area contributed by atoms with E-state index < -0.39 is 0 Å². The summed E-state index contributed by atoms with van der Waals surface area (Å²) in [7, 11) is 0. The molecule has 0 aliphatic heterocycles. The van der Waals surface area contributed by atoms with Crippen LogP contribution in [0.4, 0.5) is 0 Å². The summed E-state index contributed by atoms with van der Waals surface area (Å²) < 4.78 is 0.